The molecule has 7 rings (SSSR count). The number of ether oxygens (including phenoxy) is 3. The molecule has 0 amide bonds. The van der Waals surface area contributed by atoms with Crippen molar-refractivity contribution >= 4 is 22.4 Å². The van der Waals surface area contributed by atoms with E-state index < -0.39 is 52.0 Å². The fourth-order valence-electron chi connectivity index (χ4n) is 7.02. The third kappa shape index (κ3) is 4.81. The number of alkyl halides is 3. The Hall–Kier alpha value is -3.56. The molecule has 0 radical (unpaired) electrons. The Balaban J connectivity index is 1.42. The van der Waals surface area contributed by atoms with Crippen LogP contribution in [0.15, 0.2) is 6.07 Å². The van der Waals surface area contributed by atoms with Crippen molar-refractivity contribution in [3.63, 3.8) is 0 Å². The van der Waals surface area contributed by atoms with Crippen molar-refractivity contribution in [1.29, 1.82) is 0 Å². The van der Waals surface area contributed by atoms with Crippen LogP contribution >= 0.6 is 0 Å². The van der Waals surface area contributed by atoms with Crippen LogP contribution in [-0.2, 0) is 10.9 Å². The van der Waals surface area contributed by atoms with Gasteiger partial charge < -0.3 is 30.2 Å². The minimum absolute atomic E-state index is 0.00797. The van der Waals surface area contributed by atoms with Gasteiger partial charge in [0.25, 0.3) is 0 Å². The summed E-state index contributed by atoms with van der Waals surface area (Å²) in [4.78, 5) is 17.6. The van der Waals surface area contributed by atoms with Crippen LogP contribution in [-0.4, -0.2) is 89.6 Å². The van der Waals surface area contributed by atoms with E-state index in [2.05, 4.69) is 20.2 Å². The average Bonchev–Trinajstić information content (AvgIpc) is 3.12. The Morgan fingerprint density at radius 3 is 2.58 bits per heavy atom. The Kier molecular flexibility index (Phi) is 7.20. The third-order valence-corrected chi connectivity index (χ3v) is 9.73. The minimum atomic E-state index is -5.04. The summed E-state index contributed by atoms with van der Waals surface area (Å²) >= 11 is 0. The topological polar surface area (TPSA) is 111 Å². The maximum atomic E-state index is 16.7. The molecule has 4 aliphatic heterocycles. The van der Waals surface area contributed by atoms with Gasteiger partial charge in [0, 0.05) is 30.7 Å². The van der Waals surface area contributed by atoms with Gasteiger partial charge in [0.2, 0.25) is 5.88 Å². The highest BCUT2D eigenvalue weighted by molar-refractivity contribution is 5.97. The largest absolute Gasteiger partial charge is 0.472 e. The van der Waals surface area contributed by atoms with E-state index in [9.17, 15) is 17.6 Å². The summed E-state index contributed by atoms with van der Waals surface area (Å²) in [5.41, 5.74) is 1.29. The number of nitrogens with one attached hydrogen (secondary N) is 1. The maximum absolute atomic E-state index is 16.7. The zero-order valence-electron chi connectivity index (χ0n) is 25.2. The predicted octanol–water partition coefficient (Wildman–Crippen LogP) is 4.07. The van der Waals surface area contributed by atoms with E-state index in [0.717, 1.165) is 25.8 Å². The summed E-state index contributed by atoms with van der Waals surface area (Å²) in [5, 5.41) is 3.61. The average molecular weight is 636 g/mol. The van der Waals surface area contributed by atoms with E-state index >= 15 is 4.39 Å². The van der Waals surface area contributed by atoms with Gasteiger partial charge in [0.05, 0.1) is 36.0 Å². The number of nitrogens with zero attached hydrogens (tertiary/aromatic N) is 5. The number of fused-ring (bicyclic) bond motifs is 3. The van der Waals surface area contributed by atoms with Crippen LogP contribution in [0.4, 0.5) is 33.5 Å². The van der Waals surface area contributed by atoms with Gasteiger partial charge in [-0.15, -0.1) is 0 Å². The molecule has 15 heteroatoms. The van der Waals surface area contributed by atoms with E-state index in [0.29, 0.717) is 31.6 Å². The number of aromatic nitrogens is 3. The van der Waals surface area contributed by atoms with Crippen molar-refractivity contribution in [3.05, 3.63) is 28.8 Å². The van der Waals surface area contributed by atoms with Gasteiger partial charge in [-0.2, -0.15) is 23.1 Å². The lowest BCUT2D eigenvalue weighted by Crippen LogP contribution is -2.60. The number of rotatable bonds is 5. The van der Waals surface area contributed by atoms with Crippen LogP contribution in [0.2, 0.25) is 0 Å². The summed E-state index contributed by atoms with van der Waals surface area (Å²) in [6.07, 6.45) is -3.86. The number of hydrogen-bond donors (Lipinski definition) is 2. The van der Waals surface area contributed by atoms with E-state index in [1.54, 1.807) is 0 Å². The number of hydrogen-bond acceptors (Lipinski definition) is 10. The van der Waals surface area contributed by atoms with Gasteiger partial charge in [0.1, 0.15) is 40.9 Å². The standard InChI is InChI=1S/C30H34F5N7O3/c1-5-14-9-42-18(8-37-14)13(3)45-28-21-26(39-29(40-27(21)42)44-10-15-6-20-19(11-43-20)41(15)4)24(32)25(38-28)16-7-17(36)23(31)12(2)22(16)30(33,34)35/h7,13-15,18-20,37H,5-6,8-11,36H2,1-4H3/t13-,14+,15-,18-,19?,20+/m0/s1. The number of nitrogen functional groups attached to an aromatic ring is 1. The quantitative estimate of drug-likeness (QED) is 0.315. The molecule has 6 heterocycles. The van der Waals surface area contributed by atoms with Crippen LogP contribution in [0, 0.1) is 18.6 Å². The Morgan fingerprint density at radius 2 is 1.93 bits per heavy atom. The normalized spacial score (nSPS) is 27.9. The van der Waals surface area contributed by atoms with Crippen molar-refractivity contribution in [2.24, 2.45) is 0 Å². The maximum Gasteiger partial charge on any atom is 0.417 e. The fraction of sp³-hybridized carbons (Fsp3) is 0.567. The monoisotopic (exact) mass is 635 g/mol. The van der Waals surface area contributed by atoms with Gasteiger partial charge in [0.15, 0.2) is 5.82 Å². The molecule has 0 spiro atoms. The first-order valence-corrected chi connectivity index (χ1v) is 15.1. The van der Waals surface area contributed by atoms with Crippen LogP contribution in [0.5, 0.6) is 11.9 Å². The van der Waals surface area contributed by atoms with Gasteiger partial charge in [-0.05, 0) is 45.4 Å². The molecule has 3 N–H and O–H groups in total. The summed E-state index contributed by atoms with van der Waals surface area (Å²) < 4.78 is 92.3. The zero-order chi connectivity index (χ0) is 31.9. The molecule has 3 fully saturated rings. The fourth-order valence-corrected chi connectivity index (χ4v) is 7.02. The number of likely N-dealkylation sites (tertiary alicyclic amines) is 1. The second kappa shape index (κ2) is 10.8. The highest BCUT2D eigenvalue weighted by Gasteiger charge is 2.46. The SMILES string of the molecule is CC[C@@H]1CN2c3nc(OC[C@@H]4C[C@H]5OCC5N4C)nc4c(F)c(-c5cc(N)c(F)c(C)c5C(F)(F)F)nc(c34)O[C@@H](C)[C@@H]2CN1. The first-order chi connectivity index (χ1) is 21.4. The molecular formula is C30H34F5N7O3. The van der Waals surface area contributed by atoms with Gasteiger partial charge >= 0.3 is 12.2 Å². The highest BCUT2D eigenvalue weighted by Crippen LogP contribution is 2.46. The number of benzene rings is 1. The summed E-state index contributed by atoms with van der Waals surface area (Å²) in [7, 11) is 1.99. The van der Waals surface area contributed by atoms with E-state index in [4.69, 9.17) is 24.9 Å². The van der Waals surface area contributed by atoms with E-state index in [-0.39, 0.29) is 53.6 Å². The lowest BCUT2D eigenvalue weighted by Gasteiger charge is -2.42. The molecule has 242 valence electrons. The van der Waals surface area contributed by atoms with E-state index in [1.165, 1.54) is 0 Å². The molecule has 6 atom stereocenters. The number of halogens is 5. The number of pyridine rings is 1. The Bertz CT molecular complexity index is 1670. The first-order valence-electron chi connectivity index (χ1n) is 15.1. The lowest BCUT2D eigenvalue weighted by atomic mass is 9.96. The van der Waals surface area contributed by atoms with Gasteiger partial charge in [-0.1, -0.05) is 6.92 Å². The number of likely N-dealkylation sites (N-methyl/N-ethyl adjacent to an activating group) is 1. The van der Waals surface area contributed by atoms with Gasteiger partial charge in [-0.25, -0.2) is 13.8 Å². The van der Waals surface area contributed by atoms with Crippen molar-refractivity contribution in [1.82, 2.24) is 25.2 Å². The zero-order valence-corrected chi connectivity index (χ0v) is 25.2. The Labute approximate surface area is 256 Å². The minimum Gasteiger partial charge on any atom is -0.472 e. The predicted molar refractivity (Wildman–Crippen MR) is 155 cm³/mol. The molecule has 45 heavy (non-hydrogen) atoms. The van der Waals surface area contributed by atoms with Crippen molar-refractivity contribution < 1.29 is 36.2 Å². The smallest absolute Gasteiger partial charge is 0.417 e. The van der Waals surface area contributed by atoms with Crippen LogP contribution in [0.25, 0.3) is 22.2 Å². The molecule has 2 aromatic heterocycles. The summed E-state index contributed by atoms with van der Waals surface area (Å²) in [5.74, 6) is -2.19. The van der Waals surface area contributed by atoms with Crippen molar-refractivity contribution in [2.75, 3.05) is 44.0 Å². The molecule has 0 bridgehead atoms. The lowest BCUT2D eigenvalue weighted by molar-refractivity contribution is -0.137. The molecular weight excluding hydrogens is 601 g/mol. The molecule has 10 nitrogen and oxygen atoms in total. The summed E-state index contributed by atoms with van der Waals surface area (Å²) in [6, 6.07) is 0.772. The van der Waals surface area contributed by atoms with Crippen molar-refractivity contribution in [2.45, 2.75) is 76.2 Å². The number of anilines is 2. The molecule has 3 aromatic rings. The molecule has 1 aromatic carbocycles. The molecule has 4 aliphatic rings. The Morgan fingerprint density at radius 1 is 1.16 bits per heavy atom. The second-order valence-electron chi connectivity index (χ2n) is 12.3. The third-order valence-electron chi connectivity index (χ3n) is 9.73. The van der Waals surface area contributed by atoms with E-state index in [1.807, 2.05) is 25.8 Å². The molecule has 3 saturated heterocycles. The van der Waals surface area contributed by atoms with Crippen molar-refractivity contribution in [3.8, 4) is 23.1 Å². The molecule has 0 saturated carbocycles. The number of piperazine rings is 1. The van der Waals surface area contributed by atoms with Gasteiger partial charge in [-0.3, -0.25) is 4.90 Å². The second-order valence-corrected chi connectivity index (χ2v) is 12.3. The first kappa shape index (κ1) is 30.1. The molecule has 1 unspecified atom stereocenters. The highest BCUT2D eigenvalue weighted by atomic mass is 19.4. The van der Waals surface area contributed by atoms with Crippen LogP contribution < -0.4 is 25.4 Å². The molecule has 0 aliphatic carbocycles. The summed E-state index contributed by atoms with van der Waals surface area (Å²) in [6.45, 7) is 6.69. The van der Waals surface area contributed by atoms with Crippen LogP contribution in [0.1, 0.15) is 37.8 Å². The van der Waals surface area contributed by atoms with Crippen LogP contribution in [0.3, 0.4) is 0 Å². The number of nitrogens with two attached hydrogens (primary N) is 1.